The Morgan fingerprint density at radius 3 is 2.24 bits per heavy atom. The van der Waals surface area contributed by atoms with E-state index in [2.05, 4.69) is 21.2 Å². The first-order valence-electron chi connectivity index (χ1n) is 11.9. The molecule has 37 heavy (non-hydrogen) atoms. The van der Waals surface area contributed by atoms with Crippen molar-refractivity contribution in [2.45, 2.75) is 52.2 Å². The number of carbonyl (C=O) groups is 2. The van der Waals surface area contributed by atoms with Gasteiger partial charge >= 0.3 is 0 Å². The van der Waals surface area contributed by atoms with Gasteiger partial charge in [-0.3, -0.25) is 9.59 Å². The summed E-state index contributed by atoms with van der Waals surface area (Å²) in [5, 5.41) is 3.87. The monoisotopic (exact) mass is 604 g/mol. The second-order valence-electron chi connectivity index (χ2n) is 9.87. The minimum atomic E-state index is -0.822. The van der Waals surface area contributed by atoms with Crippen molar-refractivity contribution in [3.8, 4) is 5.75 Å². The molecule has 0 radical (unpaired) electrons. The van der Waals surface area contributed by atoms with Gasteiger partial charge in [-0.05, 0) is 69.2 Å². The topological polar surface area (TPSA) is 58.6 Å². The van der Waals surface area contributed by atoms with Crippen molar-refractivity contribution in [1.82, 2.24) is 10.2 Å². The van der Waals surface area contributed by atoms with Crippen molar-refractivity contribution in [1.29, 1.82) is 0 Å². The second-order valence-corrected chi connectivity index (χ2v) is 11.5. The molecule has 196 valence electrons. The highest BCUT2D eigenvalue weighted by atomic mass is 79.9. The fourth-order valence-corrected chi connectivity index (χ4v) is 4.56. The van der Waals surface area contributed by atoms with Gasteiger partial charge in [0.15, 0.2) is 6.61 Å². The van der Waals surface area contributed by atoms with E-state index in [-0.39, 0.29) is 25.0 Å². The van der Waals surface area contributed by atoms with E-state index < -0.39 is 11.6 Å². The Kier molecular flexibility index (Phi) is 10.0. The van der Waals surface area contributed by atoms with Crippen molar-refractivity contribution >= 4 is 50.9 Å². The number of nitrogens with one attached hydrogen (secondary N) is 1. The Hall–Kier alpha value is -2.54. The zero-order valence-electron chi connectivity index (χ0n) is 21.4. The normalized spacial score (nSPS) is 12.1. The lowest BCUT2D eigenvalue weighted by atomic mass is 10.0. The number of hydrogen-bond acceptors (Lipinski definition) is 3. The van der Waals surface area contributed by atoms with Gasteiger partial charge in [0.25, 0.3) is 5.91 Å². The standard InChI is InChI=1S/C29H31BrCl2N2O3/c1-19-15-21(13-14-23(19)30)37-18-27(35)34(17-22-24(31)11-8-12-25(22)32)26(28(36)33-29(2,3)4)16-20-9-6-5-7-10-20/h5-15,26H,16-18H2,1-4H3,(H,33,36)/t26-/m0/s1. The van der Waals surface area contributed by atoms with Crippen LogP contribution in [0.2, 0.25) is 10.0 Å². The van der Waals surface area contributed by atoms with Crippen molar-refractivity contribution in [2.75, 3.05) is 6.61 Å². The van der Waals surface area contributed by atoms with Crippen LogP contribution in [0.25, 0.3) is 0 Å². The maximum atomic E-state index is 13.7. The summed E-state index contributed by atoms with van der Waals surface area (Å²) in [6.45, 7) is 7.45. The maximum Gasteiger partial charge on any atom is 0.261 e. The molecule has 0 saturated carbocycles. The van der Waals surface area contributed by atoms with Crippen LogP contribution in [-0.4, -0.2) is 34.9 Å². The molecule has 0 aliphatic heterocycles. The van der Waals surface area contributed by atoms with Gasteiger partial charge in [0.05, 0.1) is 0 Å². The molecule has 1 N–H and O–H groups in total. The summed E-state index contributed by atoms with van der Waals surface area (Å²) < 4.78 is 6.80. The molecule has 0 spiro atoms. The van der Waals surface area contributed by atoms with E-state index in [9.17, 15) is 9.59 Å². The summed E-state index contributed by atoms with van der Waals surface area (Å²) in [6, 6.07) is 19.4. The minimum absolute atomic E-state index is 0.0507. The molecule has 3 aromatic rings. The van der Waals surface area contributed by atoms with E-state index in [0.717, 1.165) is 15.6 Å². The van der Waals surface area contributed by atoms with Crippen LogP contribution in [0.15, 0.2) is 71.2 Å². The number of aryl methyl sites for hydroxylation is 1. The summed E-state index contributed by atoms with van der Waals surface area (Å²) in [7, 11) is 0. The molecule has 0 aromatic heterocycles. The summed E-state index contributed by atoms with van der Waals surface area (Å²) in [5.74, 6) is -0.0718. The number of ether oxygens (including phenoxy) is 1. The second kappa shape index (κ2) is 12.8. The van der Waals surface area contributed by atoms with Crippen LogP contribution in [-0.2, 0) is 22.6 Å². The third-order valence-corrected chi connectivity index (χ3v) is 7.25. The largest absolute Gasteiger partial charge is 0.484 e. The van der Waals surface area contributed by atoms with Crippen LogP contribution in [0.3, 0.4) is 0 Å². The lowest BCUT2D eigenvalue weighted by Gasteiger charge is -2.34. The highest BCUT2D eigenvalue weighted by molar-refractivity contribution is 9.10. The average Bonchev–Trinajstić information content (AvgIpc) is 2.83. The van der Waals surface area contributed by atoms with Crippen LogP contribution in [0.1, 0.15) is 37.5 Å². The molecule has 0 unspecified atom stereocenters. The quantitative estimate of drug-likeness (QED) is 0.286. The van der Waals surface area contributed by atoms with Gasteiger partial charge in [0.1, 0.15) is 11.8 Å². The molecular weight excluding hydrogens is 575 g/mol. The molecule has 0 fully saturated rings. The third-order valence-electron chi connectivity index (χ3n) is 5.65. The van der Waals surface area contributed by atoms with E-state index >= 15 is 0 Å². The highest BCUT2D eigenvalue weighted by Crippen LogP contribution is 2.28. The molecule has 8 heteroatoms. The van der Waals surface area contributed by atoms with Gasteiger partial charge in [0.2, 0.25) is 5.91 Å². The number of rotatable bonds is 9. The number of benzene rings is 3. The molecular formula is C29H31BrCl2N2O3. The van der Waals surface area contributed by atoms with Crippen LogP contribution in [0.5, 0.6) is 5.75 Å². The highest BCUT2D eigenvalue weighted by Gasteiger charge is 2.33. The SMILES string of the molecule is Cc1cc(OCC(=O)N(Cc2c(Cl)cccc2Cl)[C@@H](Cc2ccccc2)C(=O)NC(C)(C)C)ccc1Br. The molecule has 1 atom stereocenters. The molecule has 3 aromatic carbocycles. The van der Waals surface area contributed by atoms with Gasteiger partial charge in [-0.1, -0.05) is 75.5 Å². The van der Waals surface area contributed by atoms with E-state index in [1.807, 2.05) is 70.2 Å². The lowest BCUT2D eigenvalue weighted by Crippen LogP contribution is -2.55. The number of amides is 2. The van der Waals surface area contributed by atoms with Gasteiger partial charge in [-0.2, -0.15) is 0 Å². The molecule has 5 nitrogen and oxygen atoms in total. The Bertz CT molecular complexity index is 1230. The number of hydrogen-bond donors (Lipinski definition) is 1. The van der Waals surface area contributed by atoms with Gasteiger partial charge < -0.3 is 15.0 Å². The van der Waals surface area contributed by atoms with Crippen LogP contribution in [0.4, 0.5) is 0 Å². The Labute approximate surface area is 237 Å². The third kappa shape index (κ3) is 8.49. The predicted octanol–water partition coefficient (Wildman–Crippen LogP) is 7.00. The summed E-state index contributed by atoms with van der Waals surface area (Å²) >= 11 is 16.4. The first kappa shape index (κ1) is 29.0. The van der Waals surface area contributed by atoms with E-state index in [0.29, 0.717) is 27.8 Å². The first-order valence-corrected chi connectivity index (χ1v) is 13.5. The van der Waals surface area contributed by atoms with Gasteiger partial charge in [-0.15, -0.1) is 0 Å². The van der Waals surface area contributed by atoms with E-state index in [1.165, 1.54) is 4.90 Å². The summed E-state index contributed by atoms with van der Waals surface area (Å²) in [5.41, 5.74) is 1.98. The van der Waals surface area contributed by atoms with Gasteiger partial charge in [-0.25, -0.2) is 0 Å². The zero-order valence-corrected chi connectivity index (χ0v) is 24.5. The minimum Gasteiger partial charge on any atom is -0.484 e. The van der Waals surface area contributed by atoms with Crippen molar-refractivity contribution in [2.24, 2.45) is 0 Å². The summed E-state index contributed by atoms with van der Waals surface area (Å²) in [4.78, 5) is 28.8. The fourth-order valence-electron chi connectivity index (χ4n) is 3.80. The molecule has 0 bridgehead atoms. The van der Waals surface area contributed by atoms with Crippen molar-refractivity contribution in [3.63, 3.8) is 0 Å². The Balaban J connectivity index is 1.98. The molecule has 2 amide bonds. The molecule has 3 rings (SSSR count). The van der Waals surface area contributed by atoms with Crippen LogP contribution in [0, 0.1) is 6.92 Å². The lowest BCUT2D eigenvalue weighted by molar-refractivity contribution is -0.143. The predicted molar refractivity (Wildman–Crippen MR) is 153 cm³/mol. The molecule has 0 saturated heterocycles. The molecule has 0 aliphatic carbocycles. The maximum absolute atomic E-state index is 13.7. The first-order chi connectivity index (χ1) is 17.4. The van der Waals surface area contributed by atoms with Gasteiger partial charge in [0, 0.05) is 38.6 Å². The average molecular weight is 606 g/mol. The van der Waals surface area contributed by atoms with Crippen molar-refractivity contribution < 1.29 is 14.3 Å². The number of nitrogens with zero attached hydrogens (tertiary/aromatic N) is 1. The number of halogens is 3. The molecule has 0 heterocycles. The van der Waals surface area contributed by atoms with E-state index in [4.69, 9.17) is 27.9 Å². The summed E-state index contributed by atoms with van der Waals surface area (Å²) in [6.07, 6.45) is 0.313. The van der Waals surface area contributed by atoms with Crippen molar-refractivity contribution in [3.05, 3.63) is 97.9 Å². The molecule has 0 aliphatic rings. The van der Waals surface area contributed by atoms with E-state index in [1.54, 1.807) is 24.3 Å². The van der Waals surface area contributed by atoms with Crippen LogP contribution >= 0.6 is 39.1 Å². The Morgan fingerprint density at radius 2 is 1.65 bits per heavy atom. The Morgan fingerprint density at radius 1 is 1.00 bits per heavy atom. The number of carbonyl (C=O) groups excluding carboxylic acids is 2. The fraction of sp³-hybridized carbons (Fsp3) is 0.310. The van der Waals surface area contributed by atoms with Crippen LogP contribution < -0.4 is 10.1 Å². The zero-order chi connectivity index (χ0) is 27.2. The smallest absolute Gasteiger partial charge is 0.261 e.